The van der Waals surface area contributed by atoms with Crippen molar-refractivity contribution in [1.29, 1.82) is 0 Å². The van der Waals surface area contributed by atoms with Crippen molar-refractivity contribution < 1.29 is 14.3 Å². The van der Waals surface area contributed by atoms with E-state index in [2.05, 4.69) is 5.32 Å². The van der Waals surface area contributed by atoms with E-state index >= 15 is 0 Å². The van der Waals surface area contributed by atoms with Gasteiger partial charge in [0, 0.05) is 11.8 Å². The normalized spacial score (nSPS) is 12.0. The molecule has 0 saturated heterocycles. The molecule has 0 spiro atoms. The number of amides is 1. The zero-order chi connectivity index (χ0) is 18.4. The molecule has 1 amide bonds. The first-order valence-corrected chi connectivity index (χ1v) is 8.32. The number of carbonyl (C=O) groups is 2. The largest absolute Gasteiger partial charge is 0.449 e. The van der Waals surface area contributed by atoms with Crippen LogP contribution in [0, 0.1) is 6.92 Å². The van der Waals surface area contributed by atoms with Crippen molar-refractivity contribution in [3.8, 4) is 0 Å². The summed E-state index contributed by atoms with van der Waals surface area (Å²) in [5.74, 6) is -1.03. The molecule has 1 unspecified atom stereocenters. The number of hydrogen-bond acceptors (Lipinski definition) is 3. The Hall–Kier alpha value is -2.30. The topological polar surface area (TPSA) is 55.4 Å². The van der Waals surface area contributed by atoms with Crippen LogP contribution in [-0.2, 0) is 14.3 Å². The molecular formula is C19H17Cl2NO3. The van der Waals surface area contributed by atoms with Gasteiger partial charge in [-0.25, -0.2) is 4.79 Å². The molecule has 1 atom stereocenters. The van der Waals surface area contributed by atoms with E-state index in [0.717, 1.165) is 5.56 Å². The van der Waals surface area contributed by atoms with Crippen LogP contribution in [-0.4, -0.2) is 18.0 Å². The van der Waals surface area contributed by atoms with E-state index in [0.29, 0.717) is 21.3 Å². The van der Waals surface area contributed by atoms with Crippen LogP contribution in [0.5, 0.6) is 0 Å². The summed E-state index contributed by atoms with van der Waals surface area (Å²) in [6.07, 6.45) is 1.84. The zero-order valence-corrected chi connectivity index (χ0v) is 15.3. The van der Waals surface area contributed by atoms with Gasteiger partial charge in [-0.15, -0.1) is 0 Å². The summed E-state index contributed by atoms with van der Waals surface area (Å²) in [6, 6.07) is 12.3. The summed E-state index contributed by atoms with van der Waals surface area (Å²) in [5.41, 5.74) is 2.43. The number of aryl methyl sites for hydroxylation is 1. The van der Waals surface area contributed by atoms with Gasteiger partial charge in [0.15, 0.2) is 6.10 Å². The molecule has 0 heterocycles. The van der Waals surface area contributed by atoms with Crippen LogP contribution < -0.4 is 5.32 Å². The zero-order valence-electron chi connectivity index (χ0n) is 13.8. The molecule has 0 aliphatic rings. The van der Waals surface area contributed by atoms with E-state index in [1.165, 1.54) is 19.1 Å². The summed E-state index contributed by atoms with van der Waals surface area (Å²) in [7, 11) is 0. The number of rotatable bonds is 5. The molecule has 0 saturated carbocycles. The Labute approximate surface area is 156 Å². The van der Waals surface area contributed by atoms with Gasteiger partial charge in [-0.2, -0.15) is 0 Å². The van der Waals surface area contributed by atoms with Crippen LogP contribution in [0.4, 0.5) is 5.69 Å². The van der Waals surface area contributed by atoms with Crippen molar-refractivity contribution in [1.82, 2.24) is 0 Å². The summed E-state index contributed by atoms with van der Waals surface area (Å²) in [5, 5.41) is 3.51. The van der Waals surface area contributed by atoms with Gasteiger partial charge in [0.25, 0.3) is 5.91 Å². The van der Waals surface area contributed by atoms with Gasteiger partial charge in [0.05, 0.1) is 10.0 Å². The maximum Gasteiger partial charge on any atom is 0.331 e. The molecule has 0 aliphatic heterocycles. The molecule has 130 valence electrons. The van der Waals surface area contributed by atoms with Crippen LogP contribution in [0.25, 0.3) is 6.08 Å². The second-order valence-electron chi connectivity index (χ2n) is 5.44. The smallest absolute Gasteiger partial charge is 0.331 e. The fraction of sp³-hybridized carbons (Fsp3) is 0.158. The van der Waals surface area contributed by atoms with Crippen molar-refractivity contribution in [2.24, 2.45) is 0 Å². The predicted molar refractivity (Wildman–Crippen MR) is 101 cm³/mol. The quantitative estimate of drug-likeness (QED) is 0.596. The van der Waals surface area contributed by atoms with Crippen molar-refractivity contribution in [2.45, 2.75) is 20.0 Å². The number of anilines is 1. The van der Waals surface area contributed by atoms with Gasteiger partial charge in [-0.05, 0) is 49.8 Å². The Bertz CT molecular complexity index is 801. The highest BCUT2D eigenvalue weighted by Gasteiger charge is 2.16. The molecule has 2 aromatic rings. The van der Waals surface area contributed by atoms with Crippen molar-refractivity contribution in [2.75, 3.05) is 5.32 Å². The fourth-order valence-electron chi connectivity index (χ4n) is 1.93. The number of halogens is 2. The Kier molecular flexibility index (Phi) is 6.62. The van der Waals surface area contributed by atoms with Gasteiger partial charge >= 0.3 is 5.97 Å². The van der Waals surface area contributed by atoms with E-state index in [9.17, 15) is 9.59 Å². The number of esters is 1. The van der Waals surface area contributed by atoms with Crippen LogP contribution in [0.3, 0.4) is 0 Å². The third-order valence-corrected chi connectivity index (χ3v) is 4.08. The number of nitrogens with one attached hydrogen (secondary N) is 1. The molecule has 25 heavy (non-hydrogen) atoms. The minimum absolute atomic E-state index is 0.392. The molecular weight excluding hydrogens is 361 g/mol. The fourth-order valence-corrected chi connectivity index (χ4v) is 2.23. The highest BCUT2D eigenvalue weighted by Crippen LogP contribution is 2.23. The SMILES string of the molecule is Cc1ccc(NC(=O)C(C)OC(=O)/C=C/c2ccc(Cl)c(Cl)c2)cc1. The van der Waals surface area contributed by atoms with Crippen molar-refractivity contribution in [3.05, 3.63) is 69.7 Å². The minimum Gasteiger partial charge on any atom is -0.449 e. The Morgan fingerprint density at radius 3 is 2.40 bits per heavy atom. The minimum atomic E-state index is -0.924. The first-order valence-electron chi connectivity index (χ1n) is 7.56. The van der Waals surface area contributed by atoms with Crippen LogP contribution in [0.1, 0.15) is 18.1 Å². The predicted octanol–water partition coefficient (Wildman–Crippen LogP) is 4.89. The van der Waals surface area contributed by atoms with Gasteiger partial charge < -0.3 is 10.1 Å². The van der Waals surface area contributed by atoms with E-state index < -0.39 is 18.0 Å². The average Bonchev–Trinajstić information content (AvgIpc) is 2.58. The Morgan fingerprint density at radius 1 is 1.08 bits per heavy atom. The molecule has 0 fully saturated rings. The lowest BCUT2D eigenvalue weighted by Gasteiger charge is -2.12. The molecule has 4 nitrogen and oxygen atoms in total. The lowest BCUT2D eigenvalue weighted by Crippen LogP contribution is -2.29. The van der Waals surface area contributed by atoms with Gasteiger partial charge in [-0.1, -0.05) is 47.0 Å². The van der Waals surface area contributed by atoms with Gasteiger partial charge in [0.2, 0.25) is 0 Å². The maximum atomic E-state index is 12.0. The molecule has 0 bridgehead atoms. The number of ether oxygens (including phenoxy) is 1. The highest BCUT2D eigenvalue weighted by molar-refractivity contribution is 6.42. The van der Waals surface area contributed by atoms with E-state index in [1.807, 2.05) is 19.1 Å². The average molecular weight is 378 g/mol. The summed E-state index contributed by atoms with van der Waals surface area (Å²) in [4.78, 5) is 23.9. The molecule has 1 N–H and O–H groups in total. The molecule has 0 aromatic heterocycles. The molecule has 2 rings (SSSR count). The van der Waals surface area contributed by atoms with Crippen molar-refractivity contribution >= 4 is 46.8 Å². The Morgan fingerprint density at radius 2 is 1.76 bits per heavy atom. The monoisotopic (exact) mass is 377 g/mol. The maximum absolute atomic E-state index is 12.0. The van der Waals surface area contributed by atoms with Crippen LogP contribution in [0.2, 0.25) is 10.0 Å². The van der Waals surface area contributed by atoms with Gasteiger partial charge in [0.1, 0.15) is 0 Å². The van der Waals surface area contributed by atoms with Crippen LogP contribution in [0.15, 0.2) is 48.5 Å². The molecule has 0 aliphatic carbocycles. The van der Waals surface area contributed by atoms with E-state index in [-0.39, 0.29) is 0 Å². The third-order valence-electron chi connectivity index (χ3n) is 3.34. The second-order valence-corrected chi connectivity index (χ2v) is 6.26. The lowest BCUT2D eigenvalue weighted by molar-refractivity contribution is -0.148. The summed E-state index contributed by atoms with van der Waals surface area (Å²) < 4.78 is 5.09. The highest BCUT2D eigenvalue weighted by atomic mass is 35.5. The summed E-state index contributed by atoms with van der Waals surface area (Å²) in [6.45, 7) is 3.46. The summed E-state index contributed by atoms with van der Waals surface area (Å²) >= 11 is 11.7. The van der Waals surface area contributed by atoms with E-state index in [1.54, 1.807) is 30.3 Å². The lowest BCUT2D eigenvalue weighted by atomic mass is 10.2. The first-order chi connectivity index (χ1) is 11.8. The van der Waals surface area contributed by atoms with Crippen LogP contribution >= 0.6 is 23.2 Å². The molecule has 2 aromatic carbocycles. The first kappa shape index (κ1) is 19.0. The second kappa shape index (κ2) is 8.70. The number of hydrogen-bond donors (Lipinski definition) is 1. The number of carbonyl (C=O) groups excluding carboxylic acids is 2. The van der Waals surface area contributed by atoms with E-state index in [4.69, 9.17) is 27.9 Å². The standard InChI is InChI=1S/C19H17Cl2NO3/c1-12-3-7-15(8-4-12)22-19(24)13(2)25-18(23)10-6-14-5-9-16(20)17(21)11-14/h3-11,13H,1-2H3,(H,22,24)/b10-6+. The number of benzene rings is 2. The Balaban J connectivity index is 1.90. The third kappa shape index (κ3) is 5.93. The van der Waals surface area contributed by atoms with Crippen molar-refractivity contribution in [3.63, 3.8) is 0 Å². The van der Waals surface area contributed by atoms with Gasteiger partial charge in [-0.3, -0.25) is 4.79 Å². The molecule has 0 radical (unpaired) electrons. The molecule has 6 heteroatoms.